The van der Waals surface area contributed by atoms with Gasteiger partial charge in [0.15, 0.2) is 5.69 Å². The maximum atomic E-state index is 12.4. The van der Waals surface area contributed by atoms with Crippen LogP contribution in [-0.4, -0.2) is 23.3 Å². The molecule has 1 heterocycles. The van der Waals surface area contributed by atoms with E-state index < -0.39 is 0 Å². The fourth-order valence-electron chi connectivity index (χ4n) is 2.21. The number of aromatic nitrogens is 2. The zero-order chi connectivity index (χ0) is 16.2. The summed E-state index contributed by atoms with van der Waals surface area (Å²) in [6.45, 7) is 1.88. The number of benzene rings is 2. The van der Waals surface area contributed by atoms with Gasteiger partial charge in [0.25, 0.3) is 5.91 Å². The first-order valence-corrected chi connectivity index (χ1v) is 7.03. The molecule has 2 aromatic carbocycles. The molecule has 0 bridgehead atoms. The Kier molecular flexibility index (Phi) is 4.05. The van der Waals surface area contributed by atoms with Gasteiger partial charge in [-0.25, -0.2) is 4.63 Å². The van der Waals surface area contributed by atoms with Gasteiger partial charge in [0, 0.05) is 11.1 Å². The van der Waals surface area contributed by atoms with E-state index in [9.17, 15) is 4.79 Å². The molecule has 0 fully saturated rings. The van der Waals surface area contributed by atoms with Crippen molar-refractivity contribution in [1.82, 2.24) is 10.3 Å². The number of carbonyl (C=O) groups is 1. The van der Waals surface area contributed by atoms with Crippen molar-refractivity contribution >= 4 is 11.7 Å². The number of nitrogens with zero attached hydrogens (tertiary/aromatic N) is 2. The Labute approximate surface area is 133 Å². The maximum Gasteiger partial charge on any atom is 0.257 e. The number of hydrogen-bond donors (Lipinski definition) is 1. The monoisotopic (exact) mass is 309 g/mol. The van der Waals surface area contributed by atoms with E-state index in [2.05, 4.69) is 15.6 Å². The van der Waals surface area contributed by atoms with Gasteiger partial charge in [-0.1, -0.05) is 18.2 Å². The van der Waals surface area contributed by atoms with Gasteiger partial charge < -0.3 is 10.1 Å². The second kappa shape index (κ2) is 6.31. The van der Waals surface area contributed by atoms with E-state index in [-0.39, 0.29) is 11.7 Å². The average molecular weight is 309 g/mol. The summed E-state index contributed by atoms with van der Waals surface area (Å²) in [4.78, 5) is 12.4. The number of anilines is 1. The van der Waals surface area contributed by atoms with E-state index >= 15 is 0 Å². The summed E-state index contributed by atoms with van der Waals surface area (Å²) in [6, 6.07) is 14.6. The molecule has 1 amide bonds. The normalized spacial score (nSPS) is 10.3. The minimum atomic E-state index is -0.256. The quantitative estimate of drug-likeness (QED) is 0.800. The zero-order valence-corrected chi connectivity index (χ0v) is 12.7. The van der Waals surface area contributed by atoms with E-state index in [0.29, 0.717) is 11.3 Å². The molecule has 0 radical (unpaired) electrons. The van der Waals surface area contributed by atoms with Crippen molar-refractivity contribution in [3.8, 4) is 17.0 Å². The molecule has 1 aromatic heterocycles. The molecule has 1 N–H and O–H groups in total. The molecule has 116 valence electrons. The van der Waals surface area contributed by atoms with Crippen LogP contribution in [0.15, 0.2) is 53.2 Å². The number of rotatable bonds is 4. The molecule has 0 aliphatic heterocycles. The van der Waals surface area contributed by atoms with Gasteiger partial charge in [-0.2, -0.15) is 0 Å². The first kappa shape index (κ1) is 14.8. The Morgan fingerprint density at radius 1 is 1.09 bits per heavy atom. The van der Waals surface area contributed by atoms with Crippen molar-refractivity contribution in [3.05, 3.63) is 59.7 Å². The highest BCUT2D eigenvalue weighted by molar-refractivity contribution is 6.06. The first-order chi connectivity index (χ1) is 11.2. The van der Waals surface area contributed by atoms with Crippen LogP contribution in [0.1, 0.15) is 15.9 Å². The lowest BCUT2D eigenvalue weighted by atomic mass is 10.1. The molecule has 0 unspecified atom stereocenters. The number of amides is 1. The molecule has 23 heavy (non-hydrogen) atoms. The predicted octanol–water partition coefficient (Wildman–Crippen LogP) is 3.31. The van der Waals surface area contributed by atoms with Crippen LogP contribution >= 0.6 is 0 Å². The molecule has 0 aliphatic carbocycles. The highest BCUT2D eigenvalue weighted by Crippen LogP contribution is 2.26. The van der Waals surface area contributed by atoms with Crippen LogP contribution in [-0.2, 0) is 0 Å². The zero-order valence-electron chi connectivity index (χ0n) is 12.7. The summed E-state index contributed by atoms with van der Waals surface area (Å²) < 4.78 is 9.90. The second-order valence-electron chi connectivity index (χ2n) is 4.96. The third-order valence-electron chi connectivity index (χ3n) is 3.47. The van der Waals surface area contributed by atoms with E-state index in [0.717, 1.165) is 16.9 Å². The van der Waals surface area contributed by atoms with E-state index in [1.165, 1.54) is 0 Å². The first-order valence-electron chi connectivity index (χ1n) is 7.03. The van der Waals surface area contributed by atoms with E-state index in [1.54, 1.807) is 25.3 Å². The predicted molar refractivity (Wildman–Crippen MR) is 85.4 cm³/mol. The van der Waals surface area contributed by atoms with Gasteiger partial charge in [-0.15, -0.1) is 0 Å². The van der Waals surface area contributed by atoms with Crippen molar-refractivity contribution in [3.63, 3.8) is 0 Å². The molecule has 6 heteroatoms. The SMILES string of the molecule is COc1ccc(-c2nonc2NC(=O)c2ccccc2C)cc1. The van der Waals surface area contributed by atoms with Gasteiger partial charge in [-0.3, -0.25) is 4.79 Å². The van der Waals surface area contributed by atoms with Crippen molar-refractivity contribution in [2.75, 3.05) is 12.4 Å². The van der Waals surface area contributed by atoms with E-state index in [1.807, 2.05) is 37.3 Å². The summed E-state index contributed by atoms with van der Waals surface area (Å²) in [5, 5.41) is 10.4. The molecular formula is C17H15N3O3. The van der Waals surface area contributed by atoms with Crippen LogP contribution in [0.25, 0.3) is 11.3 Å². The Hall–Kier alpha value is -3.15. The Bertz CT molecular complexity index is 825. The molecule has 0 atom stereocenters. The van der Waals surface area contributed by atoms with Crippen molar-refractivity contribution < 1.29 is 14.2 Å². The number of carbonyl (C=O) groups excluding carboxylic acids is 1. The number of aryl methyl sites for hydroxylation is 1. The smallest absolute Gasteiger partial charge is 0.257 e. The number of ether oxygens (including phenoxy) is 1. The van der Waals surface area contributed by atoms with E-state index in [4.69, 9.17) is 9.37 Å². The summed E-state index contributed by atoms with van der Waals surface area (Å²) >= 11 is 0. The number of nitrogens with one attached hydrogen (secondary N) is 1. The molecule has 3 aromatic rings. The van der Waals surface area contributed by atoms with Gasteiger partial charge in [0.1, 0.15) is 5.75 Å². The second-order valence-corrected chi connectivity index (χ2v) is 4.96. The lowest BCUT2D eigenvalue weighted by molar-refractivity contribution is 0.102. The molecular weight excluding hydrogens is 294 g/mol. The molecule has 0 spiro atoms. The average Bonchev–Trinajstić information content (AvgIpc) is 3.03. The van der Waals surface area contributed by atoms with Crippen LogP contribution in [0.3, 0.4) is 0 Å². The third kappa shape index (κ3) is 3.06. The Balaban J connectivity index is 1.86. The summed E-state index contributed by atoms with van der Waals surface area (Å²) in [5.74, 6) is 0.757. The van der Waals surface area contributed by atoms with Crippen LogP contribution < -0.4 is 10.1 Å². The largest absolute Gasteiger partial charge is 0.497 e. The maximum absolute atomic E-state index is 12.4. The summed E-state index contributed by atoms with van der Waals surface area (Å²) in [5.41, 5.74) is 2.70. The lowest BCUT2D eigenvalue weighted by Gasteiger charge is -2.06. The molecule has 3 rings (SSSR count). The van der Waals surface area contributed by atoms with Gasteiger partial charge in [0.05, 0.1) is 7.11 Å². The topological polar surface area (TPSA) is 77.2 Å². The number of hydrogen-bond acceptors (Lipinski definition) is 5. The van der Waals surface area contributed by atoms with Crippen LogP contribution in [0.2, 0.25) is 0 Å². The fraction of sp³-hybridized carbons (Fsp3) is 0.118. The highest BCUT2D eigenvalue weighted by Gasteiger charge is 2.17. The number of methoxy groups -OCH3 is 1. The Morgan fingerprint density at radius 2 is 1.83 bits per heavy atom. The fourth-order valence-corrected chi connectivity index (χ4v) is 2.21. The van der Waals surface area contributed by atoms with Gasteiger partial charge >= 0.3 is 0 Å². The van der Waals surface area contributed by atoms with Gasteiger partial charge in [0.2, 0.25) is 5.82 Å². The summed E-state index contributed by atoms with van der Waals surface area (Å²) in [6.07, 6.45) is 0. The van der Waals surface area contributed by atoms with Crippen molar-refractivity contribution in [1.29, 1.82) is 0 Å². The highest BCUT2D eigenvalue weighted by atomic mass is 16.6. The molecule has 0 aliphatic rings. The Morgan fingerprint density at radius 3 is 2.52 bits per heavy atom. The van der Waals surface area contributed by atoms with Crippen LogP contribution in [0.5, 0.6) is 5.75 Å². The molecule has 0 saturated carbocycles. The molecule has 0 saturated heterocycles. The van der Waals surface area contributed by atoms with Crippen LogP contribution in [0, 0.1) is 6.92 Å². The minimum Gasteiger partial charge on any atom is -0.497 e. The van der Waals surface area contributed by atoms with Crippen molar-refractivity contribution in [2.24, 2.45) is 0 Å². The lowest BCUT2D eigenvalue weighted by Crippen LogP contribution is -2.14. The van der Waals surface area contributed by atoms with Crippen molar-refractivity contribution in [2.45, 2.75) is 6.92 Å². The van der Waals surface area contributed by atoms with Crippen LogP contribution in [0.4, 0.5) is 5.82 Å². The third-order valence-corrected chi connectivity index (χ3v) is 3.47. The molecule has 6 nitrogen and oxygen atoms in total. The standard InChI is InChI=1S/C17H15N3O3/c1-11-5-3-4-6-14(11)17(21)18-16-15(19-23-20-16)12-7-9-13(22-2)10-8-12/h3-10H,1-2H3,(H,18,20,21). The minimum absolute atomic E-state index is 0.256. The van der Waals surface area contributed by atoms with Gasteiger partial charge in [-0.05, 0) is 53.1 Å². The summed E-state index contributed by atoms with van der Waals surface area (Å²) in [7, 11) is 1.60.